The van der Waals surface area contributed by atoms with Crippen LogP contribution < -0.4 is 4.31 Å². The number of nitrogens with zero attached hydrogens (tertiary/aromatic N) is 2. The lowest BCUT2D eigenvalue weighted by Gasteiger charge is -2.19. The van der Waals surface area contributed by atoms with E-state index in [1.807, 2.05) is 0 Å². The average Bonchev–Trinajstić information content (AvgIpc) is 2.54. The molecular weight excluding hydrogens is 288 g/mol. The van der Waals surface area contributed by atoms with E-state index in [2.05, 4.69) is 5.16 Å². The van der Waals surface area contributed by atoms with Gasteiger partial charge in [0.2, 0.25) is 0 Å². The number of sulfonamides is 1. The first kappa shape index (κ1) is 15.1. The Labute approximate surface area is 124 Å². The average molecular weight is 304 g/mol. The van der Waals surface area contributed by atoms with Crippen molar-refractivity contribution >= 4 is 21.4 Å². The molecule has 0 fully saturated rings. The van der Waals surface area contributed by atoms with Gasteiger partial charge in [0.15, 0.2) is 0 Å². The Bertz CT molecular complexity index is 738. The maximum absolute atomic E-state index is 12.5. The molecule has 6 heteroatoms. The Morgan fingerprint density at radius 3 is 2.14 bits per heavy atom. The molecule has 0 saturated heterocycles. The Morgan fingerprint density at radius 1 is 1.05 bits per heavy atom. The fourth-order valence-electron chi connectivity index (χ4n) is 1.86. The van der Waals surface area contributed by atoms with Crippen molar-refractivity contribution in [3.8, 4) is 0 Å². The highest BCUT2D eigenvalue weighted by Gasteiger charge is 2.20. The topological polar surface area (TPSA) is 70.0 Å². The molecule has 0 aliphatic rings. The monoisotopic (exact) mass is 304 g/mol. The molecule has 2 aromatic carbocycles. The predicted octanol–water partition coefficient (Wildman–Crippen LogP) is 2.71. The molecule has 110 valence electrons. The molecule has 5 nitrogen and oxygen atoms in total. The van der Waals surface area contributed by atoms with Crippen LogP contribution in [0.2, 0.25) is 0 Å². The molecule has 0 aliphatic heterocycles. The molecule has 0 bridgehead atoms. The molecule has 2 aromatic rings. The summed E-state index contributed by atoms with van der Waals surface area (Å²) in [5, 5.41) is 11.8. The molecule has 2 rings (SSSR count). The van der Waals surface area contributed by atoms with Crippen LogP contribution in [0.5, 0.6) is 0 Å². The third-order valence-corrected chi connectivity index (χ3v) is 5.00. The first-order chi connectivity index (χ1) is 9.96. The third-order valence-electron chi connectivity index (χ3n) is 3.20. The first-order valence-corrected chi connectivity index (χ1v) is 7.74. The lowest BCUT2D eigenvalue weighted by Crippen LogP contribution is -2.26. The molecule has 1 N–H and O–H groups in total. The number of hydrogen-bond acceptors (Lipinski definition) is 4. The van der Waals surface area contributed by atoms with Crippen molar-refractivity contribution in [1.82, 2.24) is 0 Å². The zero-order valence-corrected chi connectivity index (χ0v) is 12.6. The second-order valence-corrected chi connectivity index (χ2v) is 6.49. The summed E-state index contributed by atoms with van der Waals surface area (Å²) in [6, 6.07) is 15.0. The minimum Gasteiger partial charge on any atom is -0.411 e. The van der Waals surface area contributed by atoms with Crippen molar-refractivity contribution in [3.05, 3.63) is 60.2 Å². The van der Waals surface area contributed by atoms with Crippen molar-refractivity contribution in [1.29, 1.82) is 0 Å². The van der Waals surface area contributed by atoms with Crippen molar-refractivity contribution in [2.75, 3.05) is 11.4 Å². The molecule has 0 atom stereocenters. The number of rotatable bonds is 4. The van der Waals surface area contributed by atoms with E-state index in [1.54, 1.807) is 61.5 Å². The highest BCUT2D eigenvalue weighted by molar-refractivity contribution is 7.92. The Morgan fingerprint density at radius 2 is 1.62 bits per heavy atom. The number of hydrogen-bond donors (Lipinski definition) is 1. The van der Waals surface area contributed by atoms with Crippen LogP contribution in [0.1, 0.15) is 12.5 Å². The van der Waals surface area contributed by atoms with Crippen molar-refractivity contribution in [2.24, 2.45) is 5.16 Å². The lowest BCUT2D eigenvalue weighted by molar-refractivity contribution is 0.319. The van der Waals surface area contributed by atoms with E-state index in [4.69, 9.17) is 5.21 Å². The highest BCUT2D eigenvalue weighted by atomic mass is 32.2. The number of benzene rings is 2. The van der Waals surface area contributed by atoms with Gasteiger partial charge in [-0.2, -0.15) is 0 Å². The van der Waals surface area contributed by atoms with Gasteiger partial charge in [-0.25, -0.2) is 8.42 Å². The Hall–Kier alpha value is -2.34. The molecule has 0 unspecified atom stereocenters. The molecule has 21 heavy (non-hydrogen) atoms. The van der Waals surface area contributed by atoms with E-state index in [0.717, 1.165) is 5.56 Å². The molecule has 0 radical (unpaired) electrons. The Kier molecular flexibility index (Phi) is 4.28. The summed E-state index contributed by atoms with van der Waals surface area (Å²) < 4.78 is 26.2. The van der Waals surface area contributed by atoms with Crippen molar-refractivity contribution in [3.63, 3.8) is 0 Å². The molecule has 0 aromatic heterocycles. The van der Waals surface area contributed by atoms with E-state index in [9.17, 15) is 8.42 Å². The van der Waals surface area contributed by atoms with E-state index in [0.29, 0.717) is 11.4 Å². The van der Waals surface area contributed by atoms with Gasteiger partial charge in [0.05, 0.1) is 16.3 Å². The van der Waals surface area contributed by atoms with Gasteiger partial charge in [0.25, 0.3) is 10.0 Å². The predicted molar refractivity (Wildman–Crippen MR) is 82.5 cm³/mol. The van der Waals surface area contributed by atoms with E-state index in [-0.39, 0.29) is 4.90 Å². The maximum atomic E-state index is 12.5. The quantitative estimate of drug-likeness (QED) is 0.536. The van der Waals surface area contributed by atoms with Crippen LogP contribution in [-0.4, -0.2) is 26.4 Å². The van der Waals surface area contributed by atoms with Gasteiger partial charge in [-0.15, -0.1) is 0 Å². The van der Waals surface area contributed by atoms with Gasteiger partial charge in [-0.05, 0) is 36.8 Å². The minimum atomic E-state index is -3.58. The van der Waals surface area contributed by atoms with Crippen molar-refractivity contribution < 1.29 is 13.6 Å². The summed E-state index contributed by atoms with van der Waals surface area (Å²) in [5.74, 6) is 0. The van der Waals surface area contributed by atoms with Crippen LogP contribution >= 0.6 is 0 Å². The summed E-state index contributed by atoms with van der Waals surface area (Å²) >= 11 is 0. The van der Waals surface area contributed by atoms with Crippen LogP contribution in [0.25, 0.3) is 0 Å². The van der Waals surface area contributed by atoms with Gasteiger partial charge >= 0.3 is 0 Å². The van der Waals surface area contributed by atoms with Gasteiger partial charge < -0.3 is 5.21 Å². The van der Waals surface area contributed by atoms with Crippen LogP contribution in [-0.2, 0) is 10.0 Å². The molecule has 0 amide bonds. The zero-order chi connectivity index (χ0) is 15.5. The largest absolute Gasteiger partial charge is 0.411 e. The highest BCUT2D eigenvalue weighted by Crippen LogP contribution is 2.22. The van der Waals surface area contributed by atoms with Gasteiger partial charge in [-0.1, -0.05) is 35.5 Å². The first-order valence-electron chi connectivity index (χ1n) is 6.30. The molecule has 0 heterocycles. The summed E-state index contributed by atoms with van der Waals surface area (Å²) in [5.41, 5.74) is 1.73. The van der Waals surface area contributed by atoms with E-state index < -0.39 is 10.0 Å². The van der Waals surface area contributed by atoms with Crippen LogP contribution in [0.4, 0.5) is 5.69 Å². The normalized spacial score (nSPS) is 12.2. The summed E-state index contributed by atoms with van der Waals surface area (Å²) in [4.78, 5) is 0.240. The lowest BCUT2D eigenvalue weighted by atomic mass is 10.1. The van der Waals surface area contributed by atoms with Crippen LogP contribution in [0.3, 0.4) is 0 Å². The fraction of sp³-hybridized carbons (Fsp3) is 0.133. The Balaban J connectivity index is 2.34. The van der Waals surface area contributed by atoms with Gasteiger partial charge in [0.1, 0.15) is 0 Å². The number of oxime groups is 1. The molecule has 0 aliphatic carbocycles. The summed E-state index contributed by atoms with van der Waals surface area (Å²) in [7, 11) is -2.07. The smallest absolute Gasteiger partial charge is 0.264 e. The molecule has 0 spiro atoms. The zero-order valence-electron chi connectivity index (χ0n) is 11.8. The summed E-state index contributed by atoms with van der Waals surface area (Å²) in [6.07, 6.45) is 0. The second-order valence-electron chi connectivity index (χ2n) is 4.52. The van der Waals surface area contributed by atoms with Crippen LogP contribution in [0.15, 0.2) is 64.6 Å². The SMILES string of the molecule is CC(=NO)c1ccc(N(C)S(=O)(=O)c2ccccc2)cc1. The minimum absolute atomic E-state index is 0.240. The van der Waals surface area contributed by atoms with Gasteiger partial charge in [0, 0.05) is 7.05 Å². The maximum Gasteiger partial charge on any atom is 0.264 e. The van der Waals surface area contributed by atoms with E-state index in [1.165, 1.54) is 11.4 Å². The third kappa shape index (κ3) is 3.05. The van der Waals surface area contributed by atoms with Crippen LogP contribution in [0, 0.1) is 0 Å². The van der Waals surface area contributed by atoms with E-state index >= 15 is 0 Å². The molecular formula is C15H16N2O3S. The second kappa shape index (κ2) is 5.97. The fourth-order valence-corrected chi connectivity index (χ4v) is 3.08. The summed E-state index contributed by atoms with van der Waals surface area (Å²) in [6.45, 7) is 1.67. The standard InChI is InChI=1S/C15H16N2O3S/c1-12(16-18)13-8-10-14(11-9-13)17(2)21(19,20)15-6-4-3-5-7-15/h3-11,18H,1-2H3. The van der Waals surface area contributed by atoms with Crippen molar-refractivity contribution in [2.45, 2.75) is 11.8 Å². The van der Waals surface area contributed by atoms with Gasteiger partial charge in [-0.3, -0.25) is 4.31 Å². The molecule has 0 saturated carbocycles. The number of anilines is 1.